The van der Waals surface area contributed by atoms with E-state index in [-0.39, 0.29) is 6.10 Å². The molecule has 0 spiro atoms. The maximum Gasteiger partial charge on any atom is 0.214 e. The maximum absolute atomic E-state index is 13.0. The van der Waals surface area contributed by atoms with Crippen molar-refractivity contribution >= 4 is 5.82 Å². The van der Waals surface area contributed by atoms with Gasteiger partial charge in [-0.15, -0.1) is 0 Å². The highest BCUT2D eigenvalue weighted by atomic mass is 19.1. The second kappa shape index (κ2) is 5.25. The lowest BCUT2D eigenvalue weighted by Gasteiger charge is -2.33. The molecule has 2 heterocycles. The molecular weight excluding hydrogens is 207 g/mol. The molecule has 1 aliphatic heterocycles. The minimum atomic E-state index is -0.420. The summed E-state index contributed by atoms with van der Waals surface area (Å²) >= 11 is 0. The van der Waals surface area contributed by atoms with Crippen LogP contribution in [0.3, 0.4) is 0 Å². The van der Waals surface area contributed by atoms with Crippen molar-refractivity contribution in [1.82, 2.24) is 4.98 Å². The molecule has 88 valence electrons. The molecule has 1 atom stereocenters. The average Bonchev–Trinajstić information content (AvgIpc) is 2.30. The molecule has 1 aromatic rings. The van der Waals surface area contributed by atoms with E-state index >= 15 is 0 Å². The number of piperidine rings is 1. The first kappa shape index (κ1) is 11.3. The predicted octanol–water partition coefficient (Wildman–Crippen LogP) is 2.23. The molecular formula is C12H17FN2O. The molecule has 4 heteroatoms. The third kappa shape index (κ3) is 2.70. The van der Waals surface area contributed by atoms with E-state index in [9.17, 15) is 4.39 Å². The van der Waals surface area contributed by atoms with Crippen LogP contribution in [0.25, 0.3) is 0 Å². The standard InChI is InChI=1S/C12H17FN2O/c1-2-16-10-5-4-8-15(9-10)12-7-3-6-11(13)14-12/h3,6-7,10H,2,4-5,8-9H2,1H3. The normalized spacial score (nSPS) is 21.1. The zero-order chi connectivity index (χ0) is 11.4. The van der Waals surface area contributed by atoms with Gasteiger partial charge in [-0.2, -0.15) is 4.39 Å². The Morgan fingerprint density at radius 3 is 3.19 bits per heavy atom. The van der Waals surface area contributed by atoms with E-state index < -0.39 is 5.95 Å². The summed E-state index contributed by atoms with van der Waals surface area (Å²) in [5.41, 5.74) is 0. The predicted molar refractivity (Wildman–Crippen MR) is 61.1 cm³/mol. The molecule has 1 saturated heterocycles. The van der Waals surface area contributed by atoms with Crippen molar-refractivity contribution in [3.63, 3.8) is 0 Å². The van der Waals surface area contributed by atoms with E-state index in [4.69, 9.17) is 4.74 Å². The number of ether oxygens (including phenoxy) is 1. The fraction of sp³-hybridized carbons (Fsp3) is 0.583. The molecule has 0 amide bonds. The lowest BCUT2D eigenvalue weighted by Crippen LogP contribution is -2.40. The van der Waals surface area contributed by atoms with E-state index in [1.807, 2.05) is 13.0 Å². The number of anilines is 1. The molecule has 1 aliphatic rings. The minimum Gasteiger partial charge on any atom is -0.377 e. The van der Waals surface area contributed by atoms with Crippen LogP contribution in [0.5, 0.6) is 0 Å². The summed E-state index contributed by atoms with van der Waals surface area (Å²) in [7, 11) is 0. The third-order valence-corrected chi connectivity index (χ3v) is 2.80. The molecule has 1 fully saturated rings. The Bertz CT molecular complexity index is 344. The van der Waals surface area contributed by atoms with Crippen molar-refractivity contribution in [2.24, 2.45) is 0 Å². The summed E-state index contributed by atoms with van der Waals surface area (Å²) in [5, 5.41) is 0. The first-order chi connectivity index (χ1) is 7.79. The first-order valence-corrected chi connectivity index (χ1v) is 5.78. The zero-order valence-corrected chi connectivity index (χ0v) is 9.53. The Kier molecular flexibility index (Phi) is 3.72. The van der Waals surface area contributed by atoms with Crippen molar-refractivity contribution in [2.75, 3.05) is 24.6 Å². The van der Waals surface area contributed by atoms with Crippen LogP contribution in [-0.2, 0) is 4.74 Å². The lowest BCUT2D eigenvalue weighted by atomic mass is 10.1. The largest absolute Gasteiger partial charge is 0.377 e. The number of hydrogen-bond donors (Lipinski definition) is 0. The van der Waals surface area contributed by atoms with Gasteiger partial charge in [-0.25, -0.2) is 4.98 Å². The highest BCUT2D eigenvalue weighted by Gasteiger charge is 2.21. The number of hydrogen-bond acceptors (Lipinski definition) is 3. The second-order valence-electron chi connectivity index (χ2n) is 3.98. The summed E-state index contributed by atoms with van der Waals surface area (Å²) < 4.78 is 18.6. The number of rotatable bonds is 3. The van der Waals surface area contributed by atoms with Gasteiger partial charge >= 0.3 is 0 Å². The number of nitrogens with zero attached hydrogens (tertiary/aromatic N) is 2. The fourth-order valence-corrected chi connectivity index (χ4v) is 2.09. The van der Waals surface area contributed by atoms with Crippen LogP contribution < -0.4 is 4.90 Å². The fourth-order valence-electron chi connectivity index (χ4n) is 2.09. The van der Waals surface area contributed by atoms with Gasteiger partial charge in [0.25, 0.3) is 0 Å². The molecule has 0 aliphatic carbocycles. The maximum atomic E-state index is 13.0. The number of pyridine rings is 1. The number of aromatic nitrogens is 1. The van der Waals surface area contributed by atoms with E-state index in [1.165, 1.54) is 6.07 Å². The monoisotopic (exact) mass is 224 g/mol. The smallest absolute Gasteiger partial charge is 0.214 e. The van der Waals surface area contributed by atoms with Crippen molar-refractivity contribution in [3.8, 4) is 0 Å². The minimum absolute atomic E-state index is 0.254. The Hall–Kier alpha value is -1.16. The van der Waals surface area contributed by atoms with E-state index in [2.05, 4.69) is 9.88 Å². The highest BCUT2D eigenvalue weighted by Crippen LogP contribution is 2.19. The van der Waals surface area contributed by atoms with Gasteiger partial charge in [0, 0.05) is 19.7 Å². The van der Waals surface area contributed by atoms with Gasteiger partial charge in [0.2, 0.25) is 5.95 Å². The Morgan fingerprint density at radius 2 is 2.44 bits per heavy atom. The molecule has 3 nitrogen and oxygen atoms in total. The van der Waals surface area contributed by atoms with Gasteiger partial charge < -0.3 is 9.64 Å². The van der Waals surface area contributed by atoms with Crippen molar-refractivity contribution in [3.05, 3.63) is 24.1 Å². The van der Waals surface area contributed by atoms with Gasteiger partial charge in [-0.3, -0.25) is 0 Å². The van der Waals surface area contributed by atoms with E-state index in [0.29, 0.717) is 5.82 Å². The summed E-state index contributed by atoms with van der Waals surface area (Å²) in [4.78, 5) is 5.99. The van der Waals surface area contributed by atoms with Crippen LogP contribution in [0.4, 0.5) is 10.2 Å². The summed E-state index contributed by atoms with van der Waals surface area (Å²) in [6, 6.07) is 4.91. The summed E-state index contributed by atoms with van der Waals surface area (Å²) in [6.07, 6.45) is 2.41. The van der Waals surface area contributed by atoms with Gasteiger partial charge in [0.1, 0.15) is 5.82 Å². The van der Waals surface area contributed by atoms with Gasteiger partial charge in [0.05, 0.1) is 6.10 Å². The quantitative estimate of drug-likeness (QED) is 0.736. The molecule has 0 N–H and O–H groups in total. The SMILES string of the molecule is CCOC1CCCN(c2cccc(F)n2)C1. The molecule has 0 aromatic carbocycles. The summed E-state index contributed by atoms with van der Waals surface area (Å²) in [6.45, 7) is 4.47. The highest BCUT2D eigenvalue weighted by molar-refractivity contribution is 5.38. The van der Waals surface area contributed by atoms with Crippen LogP contribution in [0.2, 0.25) is 0 Å². The Morgan fingerprint density at radius 1 is 1.56 bits per heavy atom. The van der Waals surface area contributed by atoms with Crippen LogP contribution >= 0.6 is 0 Å². The third-order valence-electron chi connectivity index (χ3n) is 2.80. The second-order valence-corrected chi connectivity index (χ2v) is 3.98. The van der Waals surface area contributed by atoms with E-state index in [0.717, 1.165) is 32.5 Å². The Balaban J connectivity index is 2.03. The molecule has 16 heavy (non-hydrogen) atoms. The van der Waals surface area contributed by atoms with Crippen LogP contribution in [0.1, 0.15) is 19.8 Å². The van der Waals surface area contributed by atoms with Crippen molar-refractivity contribution < 1.29 is 9.13 Å². The van der Waals surface area contributed by atoms with Crippen LogP contribution in [0, 0.1) is 5.95 Å². The number of halogens is 1. The molecule has 2 rings (SSSR count). The average molecular weight is 224 g/mol. The van der Waals surface area contributed by atoms with Crippen molar-refractivity contribution in [2.45, 2.75) is 25.9 Å². The van der Waals surface area contributed by atoms with Crippen molar-refractivity contribution in [1.29, 1.82) is 0 Å². The topological polar surface area (TPSA) is 25.4 Å². The molecule has 1 aromatic heterocycles. The lowest BCUT2D eigenvalue weighted by molar-refractivity contribution is 0.0525. The van der Waals surface area contributed by atoms with E-state index in [1.54, 1.807) is 6.07 Å². The molecule has 0 saturated carbocycles. The zero-order valence-electron chi connectivity index (χ0n) is 9.53. The van der Waals surface area contributed by atoms with Gasteiger partial charge in [-0.05, 0) is 31.9 Å². The van der Waals surface area contributed by atoms with Crippen LogP contribution in [-0.4, -0.2) is 30.8 Å². The molecule has 0 radical (unpaired) electrons. The van der Waals surface area contributed by atoms with Gasteiger partial charge in [0.15, 0.2) is 0 Å². The first-order valence-electron chi connectivity index (χ1n) is 5.78. The van der Waals surface area contributed by atoms with Gasteiger partial charge in [-0.1, -0.05) is 6.07 Å². The Labute approximate surface area is 95.2 Å². The molecule has 1 unspecified atom stereocenters. The summed E-state index contributed by atoms with van der Waals surface area (Å²) in [5.74, 6) is 0.292. The molecule has 0 bridgehead atoms. The van der Waals surface area contributed by atoms with Crippen LogP contribution in [0.15, 0.2) is 18.2 Å².